The second-order valence-corrected chi connectivity index (χ2v) is 8.14. The van der Waals surface area contributed by atoms with Crippen LogP contribution >= 0.6 is 0 Å². The Hall–Kier alpha value is -2.86. The lowest BCUT2D eigenvalue weighted by Crippen LogP contribution is -2.36. The Kier molecular flexibility index (Phi) is 4.59. The van der Waals surface area contributed by atoms with E-state index in [4.69, 9.17) is 5.73 Å². The summed E-state index contributed by atoms with van der Waals surface area (Å²) in [5.74, 6) is -0.501. The molecule has 146 valence electrons. The fourth-order valence-electron chi connectivity index (χ4n) is 3.89. The van der Waals surface area contributed by atoms with E-state index in [9.17, 15) is 9.90 Å². The van der Waals surface area contributed by atoms with Gasteiger partial charge in [0.15, 0.2) is 0 Å². The number of nitrogens with two attached hydrogens (primary N) is 1. The Morgan fingerprint density at radius 2 is 1.93 bits per heavy atom. The average Bonchev–Trinajstić information content (AvgIpc) is 3.08. The fourth-order valence-corrected chi connectivity index (χ4v) is 3.89. The Morgan fingerprint density at radius 1 is 1.25 bits per heavy atom. The zero-order chi connectivity index (χ0) is 19.9. The van der Waals surface area contributed by atoms with Crippen LogP contribution in [0.3, 0.4) is 0 Å². The first kappa shape index (κ1) is 18.5. The lowest BCUT2D eigenvalue weighted by molar-refractivity contribution is 0.0196. The molecule has 4 rings (SSSR count). The number of anilines is 1. The highest BCUT2D eigenvalue weighted by Gasteiger charge is 2.29. The number of fused-ring (bicyclic) bond motifs is 1. The van der Waals surface area contributed by atoms with Crippen LogP contribution in [0.2, 0.25) is 0 Å². The number of aromatic nitrogens is 2. The Labute approximate surface area is 164 Å². The highest BCUT2D eigenvalue weighted by atomic mass is 16.3. The topological polar surface area (TPSA) is 92.6 Å². The number of primary amides is 1. The van der Waals surface area contributed by atoms with Crippen LogP contribution < -0.4 is 11.1 Å². The van der Waals surface area contributed by atoms with E-state index in [0.29, 0.717) is 11.3 Å². The smallest absolute Gasteiger partial charge is 0.252 e. The number of aliphatic hydroxyl groups is 1. The molecule has 1 aromatic carbocycles. The second kappa shape index (κ2) is 6.95. The third-order valence-corrected chi connectivity index (χ3v) is 5.70. The minimum Gasteiger partial charge on any atom is -0.390 e. The van der Waals surface area contributed by atoms with Crippen LogP contribution in [-0.4, -0.2) is 32.3 Å². The normalized spacial score (nSPS) is 22.3. The van der Waals surface area contributed by atoms with Gasteiger partial charge in [0.1, 0.15) is 0 Å². The van der Waals surface area contributed by atoms with Crippen molar-refractivity contribution >= 4 is 17.1 Å². The molecule has 2 aromatic heterocycles. The Balaban J connectivity index is 1.73. The summed E-state index contributed by atoms with van der Waals surface area (Å²) in [6.07, 6.45) is 6.62. The molecule has 1 fully saturated rings. The largest absolute Gasteiger partial charge is 0.390 e. The number of benzene rings is 1. The van der Waals surface area contributed by atoms with Gasteiger partial charge in [0.2, 0.25) is 0 Å². The van der Waals surface area contributed by atoms with Crippen molar-refractivity contribution in [3.05, 3.63) is 53.9 Å². The second-order valence-electron chi connectivity index (χ2n) is 8.14. The van der Waals surface area contributed by atoms with E-state index in [1.54, 1.807) is 4.52 Å². The van der Waals surface area contributed by atoms with E-state index in [1.807, 2.05) is 19.2 Å². The van der Waals surface area contributed by atoms with Gasteiger partial charge < -0.3 is 16.2 Å². The summed E-state index contributed by atoms with van der Waals surface area (Å²) in [5, 5.41) is 18.1. The number of carbonyl (C=O) groups is 1. The molecule has 0 aliphatic heterocycles. The molecule has 0 saturated heterocycles. The number of hydrogen-bond acceptors (Lipinski definition) is 4. The van der Waals surface area contributed by atoms with Crippen molar-refractivity contribution < 1.29 is 9.90 Å². The molecule has 0 radical (unpaired) electrons. The predicted molar refractivity (Wildman–Crippen MR) is 110 cm³/mol. The van der Waals surface area contributed by atoms with Crippen LogP contribution in [-0.2, 0) is 0 Å². The summed E-state index contributed by atoms with van der Waals surface area (Å²) in [4.78, 5) is 12.0. The summed E-state index contributed by atoms with van der Waals surface area (Å²) in [6, 6.07) is 10.5. The highest BCUT2D eigenvalue weighted by Crippen LogP contribution is 2.33. The molecular formula is C22H26N4O2. The molecular weight excluding hydrogens is 352 g/mol. The van der Waals surface area contributed by atoms with Crippen LogP contribution in [0.25, 0.3) is 16.6 Å². The lowest BCUT2D eigenvalue weighted by Gasteiger charge is -2.34. The summed E-state index contributed by atoms with van der Waals surface area (Å²) in [5.41, 5.74) is 10.3. The number of amides is 1. The molecule has 0 atom stereocenters. The minimum atomic E-state index is -0.605. The third kappa shape index (κ3) is 3.60. The van der Waals surface area contributed by atoms with Gasteiger partial charge >= 0.3 is 0 Å². The molecule has 28 heavy (non-hydrogen) atoms. The number of hydrogen-bond donors (Lipinski definition) is 3. The molecule has 6 nitrogen and oxygen atoms in total. The molecule has 2 heterocycles. The van der Waals surface area contributed by atoms with E-state index in [-0.39, 0.29) is 6.04 Å². The monoisotopic (exact) mass is 378 g/mol. The zero-order valence-corrected chi connectivity index (χ0v) is 16.3. The molecule has 1 aliphatic rings. The first-order valence-electron chi connectivity index (χ1n) is 9.69. The van der Waals surface area contributed by atoms with Gasteiger partial charge in [-0.15, -0.1) is 0 Å². The van der Waals surface area contributed by atoms with E-state index < -0.39 is 11.5 Å². The van der Waals surface area contributed by atoms with Crippen molar-refractivity contribution in [2.75, 3.05) is 5.32 Å². The van der Waals surface area contributed by atoms with Crippen molar-refractivity contribution in [3.8, 4) is 11.1 Å². The first-order chi connectivity index (χ1) is 13.3. The zero-order valence-electron chi connectivity index (χ0n) is 16.3. The van der Waals surface area contributed by atoms with Crippen LogP contribution in [0.4, 0.5) is 5.69 Å². The van der Waals surface area contributed by atoms with Gasteiger partial charge in [-0.1, -0.05) is 29.8 Å². The molecule has 1 saturated carbocycles. The maximum atomic E-state index is 12.0. The minimum absolute atomic E-state index is 0.183. The summed E-state index contributed by atoms with van der Waals surface area (Å²) in [7, 11) is 0. The van der Waals surface area contributed by atoms with Gasteiger partial charge in [0, 0.05) is 17.8 Å². The summed E-state index contributed by atoms with van der Waals surface area (Å²) >= 11 is 0. The molecule has 4 N–H and O–H groups in total. The number of nitrogens with zero attached hydrogens (tertiary/aromatic N) is 2. The number of carbonyl (C=O) groups excluding carboxylic acids is 1. The Bertz CT molecular complexity index is 1010. The predicted octanol–water partition coefficient (Wildman–Crippen LogP) is 3.51. The average molecular weight is 378 g/mol. The molecule has 0 spiro atoms. The van der Waals surface area contributed by atoms with Gasteiger partial charge in [0.05, 0.1) is 28.6 Å². The van der Waals surface area contributed by atoms with Gasteiger partial charge in [0.25, 0.3) is 5.91 Å². The molecule has 0 bridgehead atoms. The van der Waals surface area contributed by atoms with E-state index in [1.165, 1.54) is 11.8 Å². The number of aryl methyl sites for hydroxylation is 1. The van der Waals surface area contributed by atoms with E-state index in [2.05, 4.69) is 41.6 Å². The summed E-state index contributed by atoms with van der Waals surface area (Å²) < 4.78 is 1.78. The van der Waals surface area contributed by atoms with Crippen molar-refractivity contribution in [2.45, 2.75) is 51.2 Å². The van der Waals surface area contributed by atoms with Crippen LogP contribution in [0, 0.1) is 6.92 Å². The van der Waals surface area contributed by atoms with Crippen LogP contribution in [0.5, 0.6) is 0 Å². The van der Waals surface area contributed by atoms with Crippen molar-refractivity contribution in [1.82, 2.24) is 9.61 Å². The van der Waals surface area contributed by atoms with Gasteiger partial charge in [-0.2, -0.15) is 5.10 Å². The quantitative estimate of drug-likeness (QED) is 0.648. The molecule has 0 unspecified atom stereocenters. The number of nitrogens with one attached hydrogen (secondary N) is 1. The molecule has 1 amide bonds. The van der Waals surface area contributed by atoms with Crippen molar-refractivity contribution in [3.63, 3.8) is 0 Å². The molecule has 1 aliphatic carbocycles. The van der Waals surface area contributed by atoms with E-state index in [0.717, 1.165) is 42.3 Å². The van der Waals surface area contributed by atoms with Gasteiger partial charge in [-0.25, -0.2) is 4.52 Å². The standard InChI is InChI=1S/C22H26N4O2/c1-14-3-5-15(6-4-14)16-11-19-20(18(21(23)27)12-24-26(19)13-16)25-17-7-9-22(2,28)10-8-17/h3-6,11-13,17,25,28H,7-10H2,1-2H3,(H2,23,27)/t17-,22+. The summed E-state index contributed by atoms with van der Waals surface area (Å²) in [6.45, 7) is 3.94. The fraction of sp³-hybridized carbons (Fsp3) is 0.364. The SMILES string of the molecule is Cc1ccc(-c2cc3c(N[C@H]4CC[C@@](C)(O)CC4)c(C(N)=O)cnn3c2)cc1. The van der Waals surface area contributed by atoms with Crippen molar-refractivity contribution in [1.29, 1.82) is 0 Å². The Morgan fingerprint density at radius 3 is 2.57 bits per heavy atom. The molecule has 3 aromatic rings. The van der Waals surface area contributed by atoms with Crippen LogP contribution in [0.15, 0.2) is 42.7 Å². The highest BCUT2D eigenvalue weighted by molar-refractivity contribution is 6.02. The van der Waals surface area contributed by atoms with E-state index >= 15 is 0 Å². The van der Waals surface area contributed by atoms with Crippen molar-refractivity contribution in [2.24, 2.45) is 5.73 Å². The van der Waals surface area contributed by atoms with Gasteiger partial charge in [-0.3, -0.25) is 4.79 Å². The maximum Gasteiger partial charge on any atom is 0.252 e. The lowest BCUT2D eigenvalue weighted by atomic mass is 9.83. The number of rotatable bonds is 4. The maximum absolute atomic E-state index is 12.0. The molecule has 6 heteroatoms. The third-order valence-electron chi connectivity index (χ3n) is 5.70. The first-order valence-corrected chi connectivity index (χ1v) is 9.69. The van der Waals surface area contributed by atoms with Gasteiger partial charge in [-0.05, 0) is 51.2 Å². The van der Waals surface area contributed by atoms with Crippen LogP contribution in [0.1, 0.15) is 48.5 Å².